The molecule has 0 aromatic carbocycles. The molecule has 0 bridgehead atoms. The highest BCUT2D eigenvalue weighted by Gasteiger charge is 2.22. The van der Waals surface area contributed by atoms with Gasteiger partial charge in [0.25, 0.3) is 0 Å². The van der Waals surface area contributed by atoms with Crippen molar-refractivity contribution in [3.8, 4) is 11.4 Å². The van der Waals surface area contributed by atoms with E-state index in [0.717, 1.165) is 5.56 Å². The molecular weight excluding hydrogens is 308 g/mol. The van der Waals surface area contributed by atoms with Crippen LogP contribution in [0.25, 0.3) is 11.4 Å². The molecule has 0 aliphatic rings. The summed E-state index contributed by atoms with van der Waals surface area (Å²) in [5.41, 5.74) is 0.727. The third-order valence-electron chi connectivity index (χ3n) is 3.44. The molecule has 1 unspecified atom stereocenters. The van der Waals surface area contributed by atoms with Crippen LogP contribution in [0.4, 0.5) is 0 Å². The van der Waals surface area contributed by atoms with E-state index in [-0.39, 0.29) is 24.3 Å². The Hall–Kier alpha value is -2.28. The molecule has 2 aromatic heterocycles. The van der Waals surface area contributed by atoms with Crippen LogP contribution in [0.3, 0.4) is 0 Å². The topological polar surface area (TPSA) is 92.4 Å². The first kappa shape index (κ1) is 18.1. The van der Waals surface area contributed by atoms with Crippen LogP contribution in [0.15, 0.2) is 29.0 Å². The van der Waals surface area contributed by atoms with Gasteiger partial charge < -0.3 is 14.5 Å². The fourth-order valence-corrected chi connectivity index (χ4v) is 2.36. The minimum absolute atomic E-state index is 0.0244. The second-order valence-corrected chi connectivity index (χ2v) is 7.13. The summed E-state index contributed by atoms with van der Waals surface area (Å²) in [7, 11) is 1.65. The van der Waals surface area contributed by atoms with E-state index < -0.39 is 6.10 Å². The van der Waals surface area contributed by atoms with E-state index in [4.69, 9.17) is 4.52 Å². The first-order valence-corrected chi connectivity index (χ1v) is 7.89. The summed E-state index contributed by atoms with van der Waals surface area (Å²) in [6, 6.07) is 3.62. The van der Waals surface area contributed by atoms with E-state index in [9.17, 15) is 9.90 Å². The zero-order chi connectivity index (χ0) is 17.7. The zero-order valence-corrected chi connectivity index (χ0v) is 14.6. The number of pyridine rings is 1. The Labute approximate surface area is 141 Å². The minimum atomic E-state index is -0.659. The molecule has 2 heterocycles. The van der Waals surface area contributed by atoms with E-state index >= 15 is 0 Å². The molecule has 1 atom stereocenters. The Balaban J connectivity index is 1.91. The van der Waals surface area contributed by atoms with Crippen molar-refractivity contribution in [2.75, 3.05) is 7.05 Å². The van der Waals surface area contributed by atoms with E-state index in [1.807, 2.05) is 26.8 Å². The Morgan fingerprint density at radius 1 is 1.42 bits per heavy atom. The smallest absolute Gasteiger partial charge is 0.246 e. The van der Waals surface area contributed by atoms with Gasteiger partial charge in [0.1, 0.15) is 0 Å². The number of aromatic nitrogens is 3. The Morgan fingerprint density at radius 3 is 2.79 bits per heavy atom. The molecule has 24 heavy (non-hydrogen) atoms. The minimum Gasteiger partial charge on any atom is -0.393 e. The summed E-state index contributed by atoms with van der Waals surface area (Å²) in [4.78, 5) is 21.9. The van der Waals surface area contributed by atoms with E-state index in [1.165, 1.54) is 4.90 Å². The highest BCUT2D eigenvalue weighted by molar-refractivity contribution is 5.76. The second-order valence-electron chi connectivity index (χ2n) is 7.13. The van der Waals surface area contributed by atoms with Crippen molar-refractivity contribution in [1.82, 2.24) is 20.0 Å². The fraction of sp³-hybridized carbons (Fsp3) is 0.529. The SMILES string of the molecule is CN(Cc1nc(-c2cccnc2)no1)C(=O)CC(O)CC(C)(C)C. The number of carbonyl (C=O) groups is 1. The van der Waals surface area contributed by atoms with Crippen LogP contribution in [-0.4, -0.2) is 44.2 Å². The van der Waals surface area contributed by atoms with Crippen LogP contribution in [-0.2, 0) is 11.3 Å². The van der Waals surface area contributed by atoms with Gasteiger partial charge in [0.05, 0.1) is 19.1 Å². The van der Waals surface area contributed by atoms with Gasteiger partial charge in [-0.25, -0.2) is 0 Å². The van der Waals surface area contributed by atoms with E-state index in [2.05, 4.69) is 15.1 Å². The van der Waals surface area contributed by atoms with Crippen molar-refractivity contribution in [3.05, 3.63) is 30.4 Å². The molecule has 0 radical (unpaired) electrons. The number of nitrogens with zero attached hydrogens (tertiary/aromatic N) is 4. The summed E-state index contributed by atoms with van der Waals surface area (Å²) in [6.45, 7) is 6.29. The first-order valence-electron chi connectivity index (χ1n) is 7.89. The van der Waals surface area contributed by atoms with Gasteiger partial charge in [-0.05, 0) is 24.0 Å². The molecular formula is C17H24N4O3. The largest absolute Gasteiger partial charge is 0.393 e. The molecule has 0 fully saturated rings. The number of aliphatic hydroxyl groups excluding tert-OH is 1. The lowest BCUT2D eigenvalue weighted by atomic mass is 9.88. The van der Waals surface area contributed by atoms with Crippen LogP contribution in [0.1, 0.15) is 39.5 Å². The molecule has 0 spiro atoms. The van der Waals surface area contributed by atoms with Crippen molar-refractivity contribution in [2.24, 2.45) is 5.41 Å². The second kappa shape index (κ2) is 7.53. The van der Waals surface area contributed by atoms with Gasteiger partial charge >= 0.3 is 0 Å². The predicted molar refractivity (Wildman–Crippen MR) is 88.7 cm³/mol. The highest BCUT2D eigenvalue weighted by Crippen LogP contribution is 2.22. The number of hydrogen-bond acceptors (Lipinski definition) is 6. The lowest BCUT2D eigenvalue weighted by Gasteiger charge is -2.23. The zero-order valence-electron chi connectivity index (χ0n) is 14.6. The summed E-state index contributed by atoms with van der Waals surface area (Å²) >= 11 is 0. The van der Waals surface area contributed by atoms with Crippen molar-refractivity contribution < 1.29 is 14.4 Å². The molecule has 0 aliphatic carbocycles. The molecule has 130 valence electrons. The molecule has 0 saturated carbocycles. The normalized spacial score (nSPS) is 12.9. The number of rotatable bonds is 6. The van der Waals surface area contributed by atoms with Gasteiger partial charge in [0.2, 0.25) is 17.6 Å². The molecule has 2 rings (SSSR count). The summed E-state index contributed by atoms with van der Waals surface area (Å²) in [5, 5.41) is 13.9. The molecule has 7 nitrogen and oxygen atoms in total. The van der Waals surface area contributed by atoms with Crippen LogP contribution < -0.4 is 0 Å². The molecule has 7 heteroatoms. The monoisotopic (exact) mass is 332 g/mol. The van der Waals surface area contributed by atoms with Crippen molar-refractivity contribution in [2.45, 2.75) is 46.3 Å². The fourth-order valence-electron chi connectivity index (χ4n) is 2.36. The average molecular weight is 332 g/mol. The summed E-state index contributed by atoms with van der Waals surface area (Å²) in [6.07, 6.45) is 3.30. The summed E-state index contributed by atoms with van der Waals surface area (Å²) < 4.78 is 5.18. The van der Waals surface area contributed by atoms with Crippen molar-refractivity contribution in [3.63, 3.8) is 0 Å². The Bertz CT molecular complexity index is 664. The van der Waals surface area contributed by atoms with Gasteiger partial charge in [0, 0.05) is 25.0 Å². The van der Waals surface area contributed by atoms with E-state index in [0.29, 0.717) is 18.1 Å². The highest BCUT2D eigenvalue weighted by atomic mass is 16.5. The first-order chi connectivity index (χ1) is 11.2. The van der Waals surface area contributed by atoms with Crippen LogP contribution in [0.2, 0.25) is 0 Å². The number of aliphatic hydroxyl groups is 1. The van der Waals surface area contributed by atoms with Crippen molar-refractivity contribution in [1.29, 1.82) is 0 Å². The molecule has 1 amide bonds. The third-order valence-corrected chi connectivity index (χ3v) is 3.44. The summed E-state index contributed by atoms with van der Waals surface area (Å²) in [5.74, 6) is 0.620. The Kier molecular flexibility index (Phi) is 5.66. The molecule has 1 N–H and O–H groups in total. The van der Waals surface area contributed by atoms with Crippen molar-refractivity contribution >= 4 is 5.91 Å². The average Bonchev–Trinajstić information content (AvgIpc) is 2.94. The molecule has 0 saturated heterocycles. The maximum absolute atomic E-state index is 12.2. The quantitative estimate of drug-likeness (QED) is 0.872. The van der Waals surface area contributed by atoms with Gasteiger partial charge in [-0.3, -0.25) is 9.78 Å². The maximum atomic E-state index is 12.2. The van der Waals surface area contributed by atoms with Crippen LogP contribution in [0.5, 0.6) is 0 Å². The number of carbonyl (C=O) groups excluding carboxylic acids is 1. The predicted octanol–water partition coefficient (Wildman–Crippen LogP) is 2.28. The van der Waals surface area contributed by atoms with Gasteiger partial charge in [0.15, 0.2) is 0 Å². The van der Waals surface area contributed by atoms with Gasteiger partial charge in [-0.1, -0.05) is 25.9 Å². The standard InChI is InChI=1S/C17H24N4O3/c1-17(2,3)9-13(22)8-15(23)21(4)11-14-19-16(20-24-14)12-6-5-7-18-10-12/h5-7,10,13,22H,8-9,11H2,1-4H3. The maximum Gasteiger partial charge on any atom is 0.246 e. The molecule has 0 aliphatic heterocycles. The Morgan fingerprint density at radius 2 is 2.17 bits per heavy atom. The molecule has 2 aromatic rings. The van der Waals surface area contributed by atoms with Gasteiger partial charge in [-0.15, -0.1) is 0 Å². The van der Waals surface area contributed by atoms with Crippen LogP contribution >= 0.6 is 0 Å². The van der Waals surface area contributed by atoms with Crippen LogP contribution in [0, 0.1) is 5.41 Å². The lowest BCUT2D eigenvalue weighted by molar-refractivity contribution is -0.133. The van der Waals surface area contributed by atoms with E-state index in [1.54, 1.807) is 25.5 Å². The lowest BCUT2D eigenvalue weighted by Crippen LogP contribution is -2.31. The van der Waals surface area contributed by atoms with Gasteiger partial charge in [-0.2, -0.15) is 4.98 Å². The number of amides is 1. The third kappa shape index (κ3) is 5.42. The number of hydrogen-bond donors (Lipinski definition) is 1.